The fourth-order valence-corrected chi connectivity index (χ4v) is 2.88. The lowest BCUT2D eigenvalue weighted by atomic mass is 9.94. The Balaban J connectivity index is 2.07. The zero-order chi connectivity index (χ0) is 12.7. The average molecular weight is 254 g/mol. The van der Waals surface area contributed by atoms with Gasteiger partial charge in [0.25, 0.3) is 5.91 Å². The van der Waals surface area contributed by atoms with Gasteiger partial charge < -0.3 is 10.1 Å². The van der Waals surface area contributed by atoms with Crippen molar-refractivity contribution in [3.8, 4) is 0 Å². The van der Waals surface area contributed by atoms with E-state index in [0.29, 0.717) is 5.69 Å². The molecule has 1 amide bonds. The summed E-state index contributed by atoms with van der Waals surface area (Å²) < 4.78 is 5.93. The number of rotatable bonds is 2. The smallest absolute Gasteiger partial charge is 0.271 e. The van der Waals surface area contributed by atoms with Gasteiger partial charge in [-0.2, -0.15) is 0 Å². The number of amides is 1. The maximum atomic E-state index is 11.9. The van der Waals surface area contributed by atoms with Crippen LogP contribution < -0.4 is 5.32 Å². The number of carbonyl (C=O) groups excluding carboxylic acids is 1. The van der Waals surface area contributed by atoms with Crippen LogP contribution in [-0.2, 0) is 4.74 Å². The lowest BCUT2D eigenvalue weighted by Crippen LogP contribution is -2.46. The van der Waals surface area contributed by atoms with Crippen LogP contribution in [0.2, 0.25) is 0 Å². The molecule has 2 rings (SSSR count). The van der Waals surface area contributed by atoms with E-state index in [-0.39, 0.29) is 23.2 Å². The summed E-state index contributed by atoms with van der Waals surface area (Å²) in [5, 5.41) is 4.76. The highest BCUT2D eigenvalue weighted by atomic mass is 32.1. The molecule has 1 saturated heterocycles. The van der Waals surface area contributed by atoms with E-state index < -0.39 is 0 Å². The number of thiazole rings is 1. The fourth-order valence-electron chi connectivity index (χ4n) is 2.34. The first kappa shape index (κ1) is 12.5. The predicted molar refractivity (Wildman–Crippen MR) is 67.2 cm³/mol. The number of nitrogens with zero attached hydrogens (tertiary/aromatic N) is 1. The molecular weight excluding hydrogens is 236 g/mol. The first-order valence-corrected chi connectivity index (χ1v) is 6.64. The highest BCUT2D eigenvalue weighted by Gasteiger charge is 2.46. The van der Waals surface area contributed by atoms with Gasteiger partial charge in [0.05, 0.1) is 22.8 Å². The molecule has 1 unspecified atom stereocenters. The zero-order valence-corrected chi connectivity index (χ0v) is 11.4. The van der Waals surface area contributed by atoms with Crippen molar-refractivity contribution in [1.82, 2.24) is 10.3 Å². The van der Waals surface area contributed by atoms with Crippen LogP contribution in [0.1, 0.15) is 44.6 Å². The van der Waals surface area contributed by atoms with Crippen molar-refractivity contribution in [1.29, 1.82) is 0 Å². The first-order valence-electron chi connectivity index (χ1n) is 5.69. The number of hydrogen-bond acceptors (Lipinski definition) is 4. The van der Waals surface area contributed by atoms with Crippen LogP contribution in [0.5, 0.6) is 0 Å². The first-order chi connectivity index (χ1) is 7.80. The van der Waals surface area contributed by atoms with Crippen LogP contribution in [0, 0.1) is 0 Å². The molecule has 0 bridgehead atoms. The van der Waals surface area contributed by atoms with Gasteiger partial charge in [0.2, 0.25) is 0 Å². The highest BCUT2D eigenvalue weighted by molar-refractivity contribution is 7.07. The second-order valence-corrected chi connectivity index (χ2v) is 6.29. The fraction of sp³-hybridized carbons (Fsp3) is 0.667. The van der Waals surface area contributed by atoms with Crippen molar-refractivity contribution in [2.75, 3.05) is 0 Å². The van der Waals surface area contributed by atoms with Gasteiger partial charge in [-0.25, -0.2) is 4.98 Å². The maximum absolute atomic E-state index is 11.9. The standard InChI is InChI=1S/C12H18N2O2S/c1-11(2)5-9(12(3,4)16-11)14-10(15)8-6-17-7-13-8/h6-7,9H,5H2,1-4H3,(H,14,15). The number of carbonyl (C=O) groups is 1. The van der Waals surface area contributed by atoms with Gasteiger partial charge in [-0.1, -0.05) is 0 Å². The number of nitrogens with one attached hydrogen (secondary N) is 1. The topological polar surface area (TPSA) is 51.2 Å². The Morgan fingerprint density at radius 2 is 2.24 bits per heavy atom. The van der Waals surface area contributed by atoms with Crippen molar-refractivity contribution >= 4 is 17.2 Å². The molecule has 94 valence electrons. The SMILES string of the molecule is CC1(C)CC(NC(=O)c2cscn2)C(C)(C)O1. The molecule has 1 fully saturated rings. The molecule has 1 atom stereocenters. The van der Waals surface area contributed by atoms with Gasteiger partial charge in [0.1, 0.15) is 5.69 Å². The molecule has 0 aliphatic carbocycles. The minimum atomic E-state index is -0.338. The Kier molecular flexibility index (Phi) is 2.99. The van der Waals surface area contributed by atoms with Crippen molar-refractivity contribution in [3.05, 3.63) is 16.6 Å². The summed E-state index contributed by atoms with van der Waals surface area (Å²) >= 11 is 1.42. The van der Waals surface area contributed by atoms with Crippen molar-refractivity contribution in [3.63, 3.8) is 0 Å². The third-order valence-corrected chi connectivity index (χ3v) is 3.63. The molecule has 17 heavy (non-hydrogen) atoms. The highest BCUT2D eigenvalue weighted by Crippen LogP contribution is 2.37. The van der Waals surface area contributed by atoms with Gasteiger partial charge in [-0.05, 0) is 34.1 Å². The quantitative estimate of drug-likeness (QED) is 0.880. The molecule has 1 aromatic rings. The van der Waals surface area contributed by atoms with E-state index >= 15 is 0 Å². The van der Waals surface area contributed by atoms with Gasteiger partial charge in [-0.3, -0.25) is 4.79 Å². The van der Waals surface area contributed by atoms with Gasteiger partial charge >= 0.3 is 0 Å². The van der Waals surface area contributed by atoms with Crippen molar-refractivity contribution < 1.29 is 9.53 Å². The summed E-state index contributed by atoms with van der Waals surface area (Å²) in [6.07, 6.45) is 0.815. The van der Waals surface area contributed by atoms with Crippen molar-refractivity contribution in [2.24, 2.45) is 0 Å². The molecule has 1 aliphatic heterocycles. The molecule has 1 aliphatic rings. The molecule has 1 aromatic heterocycles. The molecule has 0 aromatic carbocycles. The van der Waals surface area contributed by atoms with E-state index in [0.717, 1.165) is 6.42 Å². The molecule has 2 heterocycles. The summed E-state index contributed by atoms with van der Waals surface area (Å²) in [6, 6.07) is 0.0201. The van der Waals surface area contributed by atoms with Gasteiger partial charge in [0, 0.05) is 5.38 Å². The van der Waals surface area contributed by atoms with Crippen molar-refractivity contribution in [2.45, 2.75) is 51.4 Å². The summed E-state index contributed by atoms with van der Waals surface area (Å²) in [7, 11) is 0. The average Bonchev–Trinajstić information content (AvgIpc) is 2.72. The molecule has 0 spiro atoms. The van der Waals surface area contributed by atoms with E-state index in [1.165, 1.54) is 11.3 Å². The zero-order valence-electron chi connectivity index (χ0n) is 10.6. The second-order valence-electron chi connectivity index (χ2n) is 5.57. The Morgan fingerprint density at radius 1 is 1.53 bits per heavy atom. The van der Waals surface area contributed by atoms with Gasteiger partial charge in [0.15, 0.2) is 0 Å². The summed E-state index contributed by atoms with van der Waals surface area (Å²) in [6.45, 7) is 8.11. The van der Waals surface area contributed by atoms with Gasteiger partial charge in [-0.15, -0.1) is 11.3 Å². The molecule has 0 saturated carbocycles. The van der Waals surface area contributed by atoms with E-state index in [1.54, 1.807) is 10.9 Å². The van der Waals surface area contributed by atoms with E-state index in [4.69, 9.17) is 4.74 Å². The van der Waals surface area contributed by atoms with Crippen LogP contribution in [0.4, 0.5) is 0 Å². The molecule has 0 radical (unpaired) electrons. The minimum Gasteiger partial charge on any atom is -0.367 e. The summed E-state index contributed by atoms with van der Waals surface area (Å²) in [4.78, 5) is 15.9. The normalized spacial score (nSPS) is 25.8. The van der Waals surface area contributed by atoms with Crippen LogP contribution in [0.3, 0.4) is 0 Å². The largest absolute Gasteiger partial charge is 0.367 e. The second kappa shape index (κ2) is 4.07. The summed E-state index contributed by atoms with van der Waals surface area (Å²) in [5.41, 5.74) is 1.61. The third-order valence-electron chi connectivity index (χ3n) is 3.04. The number of hydrogen-bond donors (Lipinski definition) is 1. The van der Waals surface area contributed by atoms with E-state index in [2.05, 4.69) is 10.3 Å². The van der Waals surface area contributed by atoms with Crippen LogP contribution >= 0.6 is 11.3 Å². The Bertz CT molecular complexity index is 412. The summed E-state index contributed by atoms with van der Waals surface area (Å²) in [5.74, 6) is -0.120. The lowest BCUT2D eigenvalue weighted by Gasteiger charge is -2.27. The lowest BCUT2D eigenvalue weighted by molar-refractivity contribution is -0.0693. The minimum absolute atomic E-state index is 0.0201. The van der Waals surface area contributed by atoms with Crippen LogP contribution in [0.15, 0.2) is 10.9 Å². The molecule has 1 N–H and O–H groups in total. The Morgan fingerprint density at radius 3 is 2.71 bits per heavy atom. The Hall–Kier alpha value is -0.940. The Labute approximate surface area is 105 Å². The third kappa shape index (κ3) is 2.66. The monoisotopic (exact) mass is 254 g/mol. The maximum Gasteiger partial charge on any atom is 0.271 e. The molecule has 4 nitrogen and oxygen atoms in total. The van der Waals surface area contributed by atoms with E-state index in [9.17, 15) is 4.79 Å². The van der Waals surface area contributed by atoms with Crippen LogP contribution in [0.25, 0.3) is 0 Å². The van der Waals surface area contributed by atoms with Crippen LogP contribution in [-0.4, -0.2) is 28.1 Å². The molecule has 5 heteroatoms. The predicted octanol–water partition coefficient (Wildman–Crippen LogP) is 2.22. The number of aromatic nitrogens is 1. The number of ether oxygens (including phenoxy) is 1. The van der Waals surface area contributed by atoms with E-state index in [1.807, 2.05) is 27.7 Å². The molecular formula is C12H18N2O2S.